The fraction of sp³-hybridized carbons (Fsp3) is 0.429. The van der Waals surface area contributed by atoms with Gasteiger partial charge in [-0.3, -0.25) is 5.32 Å². The van der Waals surface area contributed by atoms with Gasteiger partial charge in [0.2, 0.25) is 0 Å². The maximum atomic E-state index is 5.58. The van der Waals surface area contributed by atoms with E-state index in [1.807, 2.05) is 26.0 Å². The molecule has 2 rings (SSSR count). The average Bonchev–Trinajstić information content (AvgIpc) is 2.37. The molecule has 1 N–H and O–H groups in total. The van der Waals surface area contributed by atoms with Crippen LogP contribution in [-0.4, -0.2) is 18.8 Å². The third-order valence-electron chi connectivity index (χ3n) is 2.75. The lowest BCUT2D eigenvalue weighted by Gasteiger charge is -2.22. The van der Waals surface area contributed by atoms with Crippen molar-refractivity contribution in [3.8, 4) is 23.8 Å². The molecule has 0 atom stereocenters. The molecule has 96 valence electrons. The number of fused-ring (bicyclic) bond motifs is 1. The molecule has 1 heterocycles. The van der Waals surface area contributed by atoms with Gasteiger partial charge in [-0.05, 0) is 47.5 Å². The molecule has 0 unspecified atom stereocenters. The lowest BCUT2D eigenvalue weighted by Crippen LogP contribution is -2.36. The van der Waals surface area contributed by atoms with Crippen molar-refractivity contribution in [1.29, 1.82) is 0 Å². The van der Waals surface area contributed by atoms with Crippen LogP contribution in [0.25, 0.3) is 0 Å². The van der Waals surface area contributed by atoms with Crippen LogP contribution in [0.1, 0.15) is 19.4 Å². The van der Waals surface area contributed by atoms with Gasteiger partial charge in [0, 0.05) is 6.54 Å². The number of hydrogen-bond acceptors (Lipinski definition) is 3. The molecule has 3 nitrogen and oxygen atoms in total. The zero-order valence-corrected chi connectivity index (χ0v) is 12.1. The molecule has 0 amide bonds. The Kier molecular flexibility index (Phi) is 3.84. The standard InChI is InChI=1S/C14H16BrNO2/c1-4-14(2,3)16-9-10-7-11(15)13-12(8-10)17-5-6-18-13/h1,7-8,16H,5-6,9H2,2-3H3. The minimum absolute atomic E-state index is 0.320. The summed E-state index contributed by atoms with van der Waals surface area (Å²) in [6.45, 7) is 5.81. The van der Waals surface area contributed by atoms with Crippen molar-refractivity contribution in [1.82, 2.24) is 5.32 Å². The molecule has 0 bridgehead atoms. The zero-order chi connectivity index (χ0) is 13.2. The van der Waals surface area contributed by atoms with E-state index >= 15 is 0 Å². The van der Waals surface area contributed by atoms with Gasteiger partial charge in [-0.1, -0.05) is 5.92 Å². The average molecular weight is 310 g/mol. The van der Waals surface area contributed by atoms with E-state index in [0.717, 1.165) is 21.5 Å². The minimum atomic E-state index is -0.320. The van der Waals surface area contributed by atoms with Crippen molar-refractivity contribution < 1.29 is 9.47 Å². The Morgan fingerprint density at radius 3 is 2.83 bits per heavy atom. The number of benzene rings is 1. The Hall–Kier alpha value is -1.18. The van der Waals surface area contributed by atoms with Gasteiger partial charge >= 0.3 is 0 Å². The van der Waals surface area contributed by atoms with Crippen LogP contribution < -0.4 is 14.8 Å². The molecule has 18 heavy (non-hydrogen) atoms. The van der Waals surface area contributed by atoms with Gasteiger partial charge in [0.25, 0.3) is 0 Å². The summed E-state index contributed by atoms with van der Waals surface area (Å²) < 4.78 is 12.0. The quantitative estimate of drug-likeness (QED) is 0.871. The summed E-state index contributed by atoms with van der Waals surface area (Å²) >= 11 is 3.50. The van der Waals surface area contributed by atoms with Crippen molar-refractivity contribution in [2.45, 2.75) is 25.9 Å². The molecule has 0 spiro atoms. The van der Waals surface area contributed by atoms with Crippen molar-refractivity contribution in [2.24, 2.45) is 0 Å². The van der Waals surface area contributed by atoms with Crippen molar-refractivity contribution in [3.05, 3.63) is 22.2 Å². The fourth-order valence-electron chi connectivity index (χ4n) is 1.64. The Morgan fingerprint density at radius 1 is 1.39 bits per heavy atom. The van der Waals surface area contributed by atoms with Gasteiger partial charge in [-0.2, -0.15) is 0 Å². The highest BCUT2D eigenvalue weighted by Gasteiger charge is 2.18. The van der Waals surface area contributed by atoms with Gasteiger partial charge in [-0.15, -0.1) is 6.42 Å². The predicted octanol–water partition coefficient (Wildman–Crippen LogP) is 2.72. The molecule has 1 aromatic carbocycles. The Balaban J connectivity index is 2.16. The Labute approximate surface area is 116 Å². The molecule has 1 aliphatic heterocycles. The second kappa shape index (κ2) is 5.21. The van der Waals surface area contributed by atoms with E-state index in [-0.39, 0.29) is 5.54 Å². The van der Waals surface area contributed by atoms with Crippen LogP contribution >= 0.6 is 15.9 Å². The molecular formula is C14H16BrNO2. The Morgan fingerprint density at radius 2 is 2.11 bits per heavy atom. The highest BCUT2D eigenvalue weighted by Crippen LogP contribution is 2.38. The van der Waals surface area contributed by atoms with Crippen LogP contribution in [0.3, 0.4) is 0 Å². The monoisotopic (exact) mass is 309 g/mol. The Bertz CT molecular complexity index is 491. The molecule has 0 radical (unpaired) electrons. The number of ether oxygens (including phenoxy) is 2. The number of halogens is 1. The first-order valence-corrected chi connectivity index (χ1v) is 6.62. The molecule has 0 fully saturated rings. The van der Waals surface area contributed by atoms with Gasteiger partial charge in [-0.25, -0.2) is 0 Å². The minimum Gasteiger partial charge on any atom is -0.486 e. The number of nitrogens with one attached hydrogen (secondary N) is 1. The van der Waals surface area contributed by atoms with Crippen LogP contribution in [-0.2, 0) is 6.54 Å². The molecular weight excluding hydrogens is 294 g/mol. The fourth-order valence-corrected chi connectivity index (χ4v) is 2.24. The molecule has 0 aliphatic carbocycles. The second-order valence-electron chi connectivity index (χ2n) is 4.72. The predicted molar refractivity (Wildman–Crippen MR) is 74.9 cm³/mol. The summed E-state index contributed by atoms with van der Waals surface area (Å²) in [5, 5.41) is 3.31. The number of terminal acetylenes is 1. The summed E-state index contributed by atoms with van der Waals surface area (Å²) in [7, 11) is 0. The first-order chi connectivity index (χ1) is 8.52. The molecule has 4 heteroatoms. The van der Waals surface area contributed by atoms with E-state index in [2.05, 4.69) is 27.2 Å². The lowest BCUT2D eigenvalue weighted by molar-refractivity contribution is 0.170. The first-order valence-electron chi connectivity index (χ1n) is 5.83. The summed E-state index contributed by atoms with van der Waals surface area (Å²) in [6, 6.07) is 4.01. The van der Waals surface area contributed by atoms with Gasteiger partial charge < -0.3 is 9.47 Å². The van der Waals surface area contributed by atoms with E-state index in [1.54, 1.807) is 0 Å². The van der Waals surface area contributed by atoms with E-state index in [4.69, 9.17) is 15.9 Å². The van der Waals surface area contributed by atoms with E-state index in [1.165, 1.54) is 0 Å². The largest absolute Gasteiger partial charge is 0.486 e. The second-order valence-corrected chi connectivity index (χ2v) is 5.58. The van der Waals surface area contributed by atoms with Crippen LogP contribution in [0.2, 0.25) is 0 Å². The summed E-state index contributed by atoms with van der Waals surface area (Å²) in [4.78, 5) is 0. The molecule has 0 saturated carbocycles. The summed E-state index contributed by atoms with van der Waals surface area (Å²) in [6.07, 6.45) is 5.44. The van der Waals surface area contributed by atoms with Crippen molar-refractivity contribution >= 4 is 15.9 Å². The summed E-state index contributed by atoms with van der Waals surface area (Å²) in [5.41, 5.74) is 0.786. The molecule has 1 aromatic rings. The van der Waals surface area contributed by atoms with Gasteiger partial charge in [0.1, 0.15) is 13.2 Å². The lowest BCUT2D eigenvalue weighted by atomic mass is 10.1. The van der Waals surface area contributed by atoms with E-state index in [0.29, 0.717) is 19.8 Å². The van der Waals surface area contributed by atoms with Gasteiger partial charge in [0.05, 0.1) is 10.0 Å². The van der Waals surface area contributed by atoms with Crippen LogP contribution in [0.4, 0.5) is 0 Å². The molecule has 0 aromatic heterocycles. The van der Waals surface area contributed by atoms with Gasteiger partial charge in [0.15, 0.2) is 11.5 Å². The number of rotatable bonds is 3. The van der Waals surface area contributed by atoms with Crippen LogP contribution in [0.15, 0.2) is 16.6 Å². The smallest absolute Gasteiger partial charge is 0.175 e. The highest BCUT2D eigenvalue weighted by molar-refractivity contribution is 9.10. The third-order valence-corrected chi connectivity index (χ3v) is 3.34. The number of hydrogen-bond donors (Lipinski definition) is 1. The maximum absolute atomic E-state index is 5.58. The van der Waals surface area contributed by atoms with Crippen LogP contribution in [0, 0.1) is 12.3 Å². The SMILES string of the molecule is C#CC(C)(C)NCc1cc(Br)c2c(c1)OCCO2. The van der Waals surface area contributed by atoms with Crippen LogP contribution in [0.5, 0.6) is 11.5 Å². The van der Waals surface area contributed by atoms with Crippen molar-refractivity contribution in [2.75, 3.05) is 13.2 Å². The maximum Gasteiger partial charge on any atom is 0.175 e. The van der Waals surface area contributed by atoms with E-state index in [9.17, 15) is 0 Å². The van der Waals surface area contributed by atoms with Crippen molar-refractivity contribution in [3.63, 3.8) is 0 Å². The topological polar surface area (TPSA) is 30.5 Å². The molecule has 0 saturated heterocycles. The first kappa shape index (κ1) is 13.3. The van der Waals surface area contributed by atoms with E-state index < -0.39 is 0 Å². The summed E-state index contributed by atoms with van der Waals surface area (Å²) in [5.74, 6) is 4.27. The highest BCUT2D eigenvalue weighted by atomic mass is 79.9. The third kappa shape index (κ3) is 2.98. The molecule has 1 aliphatic rings. The zero-order valence-electron chi connectivity index (χ0n) is 10.5. The normalized spacial score (nSPS) is 14.1.